The minimum absolute atomic E-state index is 0.0455. The van der Waals surface area contributed by atoms with E-state index in [4.69, 9.17) is 25.8 Å². The molecule has 8 nitrogen and oxygen atoms in total. The zero-order valence-electron chi connectivity index (χ0n) is 21.8. The van der Waals surface area contributed by atoms with Gasteiger partial charge < -0.3 is 24.4 Å². The van der Waals surface area contributed by atoms with Gasteiger partial charge in [0.25, 0.3) is 5.91 Å². The maximum atomic E-state index is 13.9. The molecule has 10 heteroatoms. The van der Waals surface area contributed by atoms with Gasteiger partial charge in [0.15, 0.2) is 17.6 Å². The predicted octanol–water partition coefficient (Wildman–Crippen LogP) is 5.06. The van der Waals surface area contributed by atoms with Crippen LogP contribution in [0, 0.1) is 5.92 Å². The molecule has 0 saturated heterocycles. The van der Waals surface area contributed by atoms with Crippen LogP contribution in [0.5, 0.6) is 11.5 Å². The molecule has 0 bridgehead atoms. The van der Waals surface area contributed by atoms with Gasteiger partial charge in [-0.25, -0.2) is 0 Å². The van der Waals surface area contributed by atoms with Crippen molar-refractivity contribution in [1.29, 1.82) is 0 Å². The summed E-state index contributed by atoms with van der Waals surface area (Å²) in [4.78, 5) is 41.5. The molecule has 1 heterocycles. The van der Waals surface area contributed by atoms with Crippen molar-refractivity contribution in [3.8, 4) is 11.5 Å². The van der Waals surface area contributed by atoms with Crippen LogP contribution < -0.4 is 14.8 Å². The fourth-order valence-corrected chi connectivity index (χ4v) is 4.67. The van der Waals surface area contributed by atoms with Crippen LogP contribution in [0.15, 0.2) is 40.9 Å². The second-order valence-electron chi connectivity index (χ2n) is 10.1. The molecule has 0 aliphatic carbocycles. The molecule has 0 fully saturated rings. The Morgan fingerprint density at radius 2 is 1.89 bits per heavy atom. The van der Waals surface area contributed by atoms with Gasteiger partial charge in [-0.05, 0) is 50.5 Å². The van der Waals surface area contributed by atoms with E-state index >= 15 is 0 Å². The standard InChI is InChI=1S/C27H32BrClN2O6/c1-15(2)23-26(34)31(14-16-9-7-8-10-19(16)29)22(25(33)30-13-21(32)37-27(3,4)5)18-11-17(28)12-20(35-6)24(18)36-23/h7-12,15,22-23H,13-14H2,1-6H3,(H,30,33). The van der Waals surface area contributed by atoms with Gasteiger partial charge in [-0.2, -0.15) is 0 Å². The molecule has 2 unspecified atom stereocenters. The molecular weight excluding hydrogens is 564 g/mol. The van der Waals surface area contributed by atoms with E-state index in [2.05, 4.69) is 21.2 Å². The second kappa shape index (κ2) is 11.7. The zero-order valence-corrected chi connectivity index (χ0v) is 24.1. The van der Waals surface area contributed by atoms with Crippen molar-refractivity contribution in [2.45, 2.75) is 58.9 Å². The van der Waals surface area contributed by atoms with Gasteiger partial charge in [0.05, 0.1) is 7.11 Å². The second-order valence-corrected chi connectivity index (χ2v) is 11.4. The quantitative estimate of drug-likeness (QED) is 0.450. The minimum atomic E-state index is -1.14. The molecule has 0 radical (unpaired) electrons. The van der Waals surface area contributed by atoms with Gasteiger partial charge in [-0.3, -0.25) is 14.4 Å². The summed E-state index contributed by atoms with van der Waals surface area (Å²) in [6.45, 7) is 8.64. The lowest BCUT2D eigenvalue weighted by Gasteiger charge is -2.31. The lowest BCUT2D eigenvalue weighted by molar-refractivity contribution is -0.155. The first-order valence-corrected chi connectivity index (χ1v) is 13.1. The smallest absolute Gasteiger partial charge is 0.325 e. The third-order valence-electron chi connectivity index (χ3n) is 5.63. The molecule has 2 atom stereocenters. The highest BCUT2D eigenvalue weighted by Gasteiger charge is 2.43. The first kappa shape index (κ1) is 28.8. The van der Waals surface area contributed by atoms with Crippen molar-refractivity contribution in [3.05, 3.63) is 57.0 Å². The van der Waals surface area contributed by atoms with E-state index in [0.717, 1.165) is 0 Å². The average molecular weight is 596 g/mol. The van der Waals surface area contributed by atoms with E-state index in [9.17, 15) is 14.4 Å². The summed E-state index contributed by atoms with van der Waals surface area (Å²) >= 11 is 9.91. The molecule has 1 aliphatic heterocycles. The zero-order chi connectivity index (χ0) is 27.5. The van der Waals surface area contributed by atoms with Crippen LogP contribution in [-0.4, -0.2) is 48.0 Å². The Hall–Kier alpha value is -2.78. The Balaban J connectivity index is 2.12. The van der Waals surface area contributed by atoms with Crippen LogP contribution >= 0.6 is 27.5 Å². The molecule has 0 saturated carbocycles. The van der Waals surface area contributed by atoms with E-state index in [1.807, 2.05) is 19.9 Å². The highest BCUT2D eigenvalue weighted by atomic mass is 79.9. The minimum Gasteiger partial charge on any atom is -0.493 e. The number of halogens is 2. The van der Waals surface area contributed by atoms with Gasteiger partial charge in [0, 0.05) is 21.6 Å². The summed E-state index contributed by atoms with van der Waals surface area (Å²) in [5.74, 6) is -1.11. The monoisotopic (exact) mass is 594 g/mol. The molecule has 200 valence electrons. The van der Waals surface area contributed by atoms with Crippen LogP contribution in [0.2, 0.25) is 5.02 Å². The summed E-state index contributed by atoms with van der Waals surface area (Å²) in [6, 6.07) is 9.40. The number of fused-ring (bicyclic) bond motifs is 1. The largest absolute Gasteiger partial charge is 0.493 e. The number of nitrogens with one attached hydrogen (secondary N) is 1. The number of hydrogen-bond acceptors (Lipinski definition) is 6. The molecular formula is C27H32BrClN2O6. The Bertz CT molecular complexity index is 1180. The Labute approximate surface area is 230 Å². The Morgan fingerprint density at radius 3 is 2.49 bits per heavy atom. The van der Waals surface area contributed by atoms with Gasteiger partial charge in [0.1, 0.15) is 18.2 Å². The van der Waals surface area contributed by atoms with Crippen molar-refractivity contribution in [3.63, 3.8) is 0 Å². The van der Waals surface area contributed by atoms with E-state index < -0.39 is 29.6 Å². The molecule has 2 aromatic rings. The number of ether oxygens (including phenoxy) is 3. The number of hydrogen-bond donors (Lipinski definition) is 1. The third-order valence-corrected chi connectivity index (χ3v) is 6.45. The van der Waals surface area contributed by atoms with Crippen molar-refractivity contribution in [1.82, 2.24) is 10.2 Å². The lowest BCUT2D eigenvalue weighted by Crippen LogP contribution is -2.48. The summed E-state index contributed by atoms with van der Waals surface area (Å²) in [5.41, 5.74) is 0.367. The predicted molar refractivity (Wildman–Crippen MR) is 144 cm³/mol. The molecule has 0 aromatic heterocycles. The van der Waals surface area contributed by atoms with Crippen LogP contribution in [0.4, 0.5) is 0 Å². The van der Waals surface area contributed by atoms with E-state index in [1.165, 1.54) is 12.0 Å². The number of esters is 1. The summed E-state index contributed by atoms with van der Waals surface area (Å²) in [6.07, 6.45) is -0.889. The molecule has 2 amide bonds. The van der Waals surface area contributed by atoms with Gasteiger partial charge in [-0.15, -0.1) is 0 Å². The molecule has 1 aliphatic rings. The summed E-state index contributed by atoms with van der Waals surface area (Å²) in [7, 11) is 1.49. The average Bonchev–Trinajstić information content (AvgIpc) is 2.92. The number of amides is 2. The lowest BCUT2D eigenvalue weighted by atomic mass is 10.0. The summed E-state index contributed by atoms with van der Waals surface area (Å²) < 4.78 is 17.7. The van der Waals surface area contributed by atoms with Crippen LogP contribution in [-0.2, 0) is 25.7 Å². The SMILES string of the molecule is COc1cc(Br)cc2c1OC(C(C)C)C(=O)N(Cc1ccccc1Cl)C2C(=O)NCC(=O)OC(C)(C)C. The fourth-order valence-electron chi connectivity index (χ4n) is 4.02. The number of methoxy groups -OCH3 is 1. The first-order valence-electron chi connectivity index (χ1n) is 11.9. The van der Waals surface area contributed by atoms with Crippen molar-refractivity contribution >= 4 is 45.3 Å². The van der Waals surface area contributed by atoms with E-state index in [1.54, 1.807) is 51.1 Å². The van der Waals surface area contributed by atoms with Crippen LogP contribution in [0.1, 0.15) is 51.8 Å². The normalized spacial score (nSPS) is 17.5. The highest BCUT2D eigenvalue weighted by Crippen LogP contribution is 2.44. The topological polar surface area (TPSA) is 94.2 Å². The first-order chi connectivity index (χ1) is 17.3. The van der Waals surface area contributed by atoms with Gasteiger partial charge in [-0.1, -0.05) is 59.6 Å². The third kappa shape index (κ3) is 6.96. The molecule has 3 rings (SSSR count). The van der Waals surface area contributed by atoms with E-state index in [0.29, 0.717) is 26.4 Å². The molecule has 1 N–H and O–H groups in total. The number of rotatable bonds is 7. The maximum Gasteiger partial charge on any atom is 0.325 e. The van der Waals surface area contributed by atoms with Crippen molar-refractivity contribution in [2.24, 2.45) is 5.92 Å². The number of nitrogens with zero attached hydrogens (tertiary/aromatic N) is 1. The molecule has 37 heavy (non-hydrogen) atoms. The fraction of sp³-hybridized carbons (Fsp3) is 0.444. The van der Waals surface area contributed by atoms with Crippen LogP contribution in [0.3, 0.4) is 0 Å². The molecule has 2 aromatic carbocycles. The summed E-state index contributed by atoms with van der Waals surface area (Å²) in [5, 5.41) is 3.10. The van der Waals surface area contributed by atoms with Crippen LogP contribution in [0.25, 0.3) is 0 Å². The molecule has 0 spiro atoms. The Kier molecular flexibility index (Phi) is 9.13. The van der Waals surface area contributed by atoms with Gasteiger partial charge in [0.2, 0.25) is 5.91 Å². The number of carbonyl (C=O) groups excluding carboxylic acids is 3. The van der Waals surface area contributed by atoms with Crippen molar-refractivity contribution < 1.29 is 28.6 Å². The van der Waals surface area contributed by atoms with Gasteiger partial charge >= 0.3 is 5.97 Å². The number of benzene rings is 2. The van der Waals surface area contributed by atoms with E-state index in [-0.39, 0.29) is 30.7 Å². The highest BCUT2D eigenvalue weighted by molar-refractivity contribution is 9.10. The van der Waals surface area contributed by atoms with Crippen molar-refractivity contribution in [2.75, 3.05) is 13.7 Å². The maximum absolute atomic E-state index is 13.9. The number of carbonyl (C=O) groups is 3. The Morgan fingerprint density at radius 1 is 1.22 bits per heavy atom.